The van der Waals surface area contributed by atoms with Crippen molar-refractivity contribution in [1.29, 1.82) is 0 Å². The summed E-state index contributed by atoms with van der Waals surface area (Å²) < 4.78 is 29.5. The molecule has 5 heteroatoms. The molecule has 82 valence electrons. The van der Waals surface area contributed by atoms with Crippen LogP contribution in [0.1, 0.15) is 35.4 Å². The van der Waals surface area contributed by atoms with Crippen molar-refractivity contribution >= 4 is 5.91 Å². The lowest BCUT2D eigenvalue weighted by atomic mass is 10.2. The van der Waals surface area contributed by atoms with Gasteiger partial charge in [-0.25, -0.2) is 8.78 Å². The number of rotatable bonds is 2. The van der Waals surface area contributed by atoms with Gasteiger partial charge < -0.3 is 9.32 Å². The molecule has 0 atom stereocenters. The molecule has 1 aliphatic rings. The fraction of sp³-hybridized carbons (Fsp3) is 0.500. The van der Waals surface area contributed by atoms with Crippen LogP contribution in [0.2, 0.25) is 0 Å². The van der Waals surface area contributed by atoms with E-state index in [1.165, 1.54) is 6.07 Å². The lowest BCUT2D eigenvalue weighted by Crippen LogP contribution is -2.28. The average molecular weight is 215 g/mol. The number of likely N-dealkylation sites (tertiary alicyclic amines) is 1. The zero-order valence-electron chi connectivity index (χ0n) is 8.08. The number of hydrogen-bond acceptors (Lipinski definition) is 2. The minimum atomic E-state index is -2.73. The summed E-state index contributed by atoms with van der Waals surface area (Å²) in [5, 5.41) is 0. The van der Waals surface area contributed by atoms with Gasteiger partial charge in [-0.1, -0.05) is 0 Å². The molecule has 1 aromatic heterocycles. The molecule has 0 radical (unpaired) electrons. The second-order valence-corrected chi connectivity index (χ2v) is 3.50. The molecule has 15 heavy (non-hydrogen) atoms. The predicted octanol–water partition coefficient (Wildman–Crippen LogP) is 2.45. The largest absolute Gasteiger partial charge is 0.462 e. The standard InChI is InChI=1S/C10H11F2NO2/c11-9(12)8-7(3-6-15-8)10(14)13-4-1-2-5-13/h3,6,9H,1-2,4-5H2. The summed E-state index contributed by atoms with van der Waals surface area (Å²) in [5.41, 5.74) is -0.00750. The zero-order chi connectivity index (χ0) is 10.8. The fourth-order valence-electron chi connectivity index (χ4n) is 1.76. The third-order valence-corrected chi connectivity index (χ3v) is 2.52. The van der Waals surface area contributed by atoms with Gasteiger partial charge in [-0.3, -0.25) is 4.79 Å². The Labute approximate surface area is 85.7 Å². The van der Waals surface area contributed by atoms with Gasteiger partial charge in [-0.15, -0.1) is 0 Å². The van der Waals surface area contributed by atoms with Crippen molar-refractivity contribution in [3.63, 3.8) is 0 Å². The van der Waals surface area contributed by atoms with Crippen molar-refractivity contribution < 1.29 is 18.0 Å². The topological polar surface area (TPSA) is 33.5 Å². The molecule has 0 saturated carbocycles. The minimum absolute atomic E-state index is 0.00750. The van der Waals surface area contributed by atoms with Crippen molar-refractivity contribution in [2.75, 3.05) is 13.1 Å². The smallest absolute Gasteiger partial charge is 0.296 e. The fourth-order valence-corrected chi connectivity index (χ4v) is 1.76. The van der Waals surface area contributed by atoms with Gasteiger partial charge in [0.25, 0.3) is 12.3 Å². The van der Waals surface area contributed by atoms with E-state index in [1.54, 1.807) is 4.90 Å². The summed E-state index contributed by atoms with van der Waals surface area (Å²) in [6.45, 7) is 1.29. The molecule has 0 aromatic carbocycles. The third-order valence-electron chi connectivity index (χ3n) is 2.52. The highest BCUT2D eigenvalue weighted by atomic mass is 19.3. The van der Waals surface area contributed by atoms with E-state index in [1.807, 2.05) is 0 Å². The van der Waals surface area contributed by atoms with Crippen LogP contribution in [0.3, 0.4) is 0 Å². The molecule has 1 fully saturated rings. The highest BCUT2D eigenvalue weighted by Crippen LogP contribution is 2.25. The molecule has 1 saturated heterocycles. The van der Waals surface area contributed by atoms with Gasteiger partial charge in [0.1, 0.15) is 0 Å². The zero-order valence-corrected chi connectivity index (χ0v) is 8.08. The molecular weight excluding hydrogens is 204 g/mol. The van der Waals surface area contributed by atoms with Crippen LogP contribution in [0.25, 0.3) is 0 Å². The van der Waals surface area contributed by atoms with E-state index in [4.69, 9.17) is 0 Å². The molecule has 0 bridgehead atoms. The van der Waals surface area contributed by atoms with Crippen molar-refractivity contribution in [3.8, 4) is 0 Å². The molecule has 1 aliphatic heterocycles. The highest BCUT2D eigenvalue weighted by Gasteiger charge is 2.27. The molecule has 2 heterocycles. The maximum absolute atomic E-state index is 12.4. The molecule has 0 spiro atoms. The number of halogens is 2. The summed E-state index contributed by atoms with van der Waals surface area (Å²) in [4.78, 5) is 13.3. The van der Waals surface area contributed by atoms with Crippen molar-refractivity contribution in [2.24, 2.45) is 0 Å². The van der Waals surface area contributed by atoms with Crippen molar-refractivity contribution in [2.45, 2.75) is 19.3 Å². The molecular formula is C10H11F2NO2. The summed E-state index contributed by atoms with van der Waals surface area (Å²) in [5.74, 6) is -0.872. The number of carbonyl (C=O) groups is 1. The molecule has 3 nitrogen and oxygen atoms in total. The van der Waals surface area contributed by atoms with Crippen LogP contribution in [0, 0.1) is 0 Å². The van der Waals surface area contributed by atoms with Crippen molar-refractivity contribution in [1.82, 2.24) is 4.90 Å². The van der Waals surface area contributed by atoms with Crippen LogP contribution in [0.5, 0.6) is 0 Å². The summed E-state index contributed by atoms with van der Waals surface area (Å²) in [6, 6.07) is 1.31. The van der Waals surface area contributed by atoms with Gasteiger partial charge in [-0.2, -0.15) is 0 Å². The van der Waals surface area contributed by atoms with Gasteiger partial charge in [0.05, 0.1) is 11.8 Å². The van der Waals surface area contributed by atoms with Gasteiger partial charge in [0, 0.05) is 13.1 Å². The van der Waals surface area contributed by atoms with Crippen LogP contribution in [-0.2, 0) is 0 Å². The molecule has 2 rings (SSSR count). The Balaban J connectivity index is 2.20. The van der Waals surface area contributed by atoms with Crippen LogP contribution in [-0.4, -0.2) is 23.9 Å². The number of alkyl halides is 2. The maximum Gasteiger partial charge on any atom is 0.296 e. The molecule has 1 aromatic rings. The van der Waals surface area contributed by atoms with Gasteiger partial charge in [0.15, 0.2) is 5.76 Å². The first kappa shape index (κ1) is 10.1. The van der Waals surface area contributed by atoms with E-state index < -0.39 is 12.2 Å². The summed E-state index contributed by atoms with van der Waals surface area (Å²) in [7, 11) is 0. The Morgan fingerprint density at radius 1 is 1.40 bits per heavy atom. The highest BCUT2D eigenvalue weighted by molar-refractivity contribution is 5.95. The van der Waals surface area contributed by atoms with E-state index in [2.05, 4.69) is 4.42 Å². The van der Waals surface area contributed by atoms with E-state index in [9.17, 15) is 13.6 Å². The molecule has 0 unspecified atom stereocenters. The lowest BCUT2D eigenvalue weighted by Gasteiger charge is -2.14. The molecule has 0 aliphatic carbocycles. The maximum atomic E-state index is 12.4. The van der Waals surface area contributed by atoms with E-state index in [-0.39, 0.29) is 11.5 Å². The summed E-state index contributed by atoms with van der Waals surface area (Å²) in [6.07, 6.45) is 0.271. The second-order valence-electron chi connectivity index (χ2n) is 3.50. The normalized spacial score (nSPS) is 16.3. The first-order valence-corrected chi connectivity index (χ1v) is 4.85. The molecule has 0 N–H and O–H groups in total. The number of furan rings is 1. The van der Waals surface area contributed by atoms with E-state index >= 15 is 0 Å². The Kier molecular flexibility index (Phi) is 2.70. The number of nitrogens with zero attached hydrogens (tertiary/aromatic N) is 1. The Morgan fingerprint density at radius 3 is 2.67 bits per heavy atom. The van der Waals surface area contributed by atoms with Crippen LogP contribution in [0.15, 0.2) is 16.7 Å². The number of carbonyl (C=O) groups excluding carboxylic acids is 1. The Bertz CT molecular complexity index is 356. The van der Waals surface area contributed by atoms with Crippen LogP contribution >= 0.6 is 0 Å². The van der Waals surface area contributed by atoms with E-state index in [0.29, 0.717) is 13.1 Å². The third kappa shape index (κ3) is 1.86. The Hall–Kier alpha value is -1.39. The van der Waals surface area contributed by atoms with Crippen LogP contribution in [0.4, 0.5) is 8.78 Å². The minimum Gasteiger partial charge on any atom is -0.462 e. The van der Waals surface area contributed by atoms with Crippen LogP contribution < -0.4 is 0 Å². The number of hydrogen-bond donors (Lipinski definition) is 0. The van der Waals surface area contributed by atoms with Gasteiger partial charge in [-0.05, 0) is 18.9 Å². The lowest BCUT2D eigenvalue weighted by molar-refractivity contribution is 0.0767. The van der Waals surface area contributed by atoms with E-state index in [0.717, 1.165) is 19.1 Å². The van der Waals surface area contributed by atoms with Gasteiger partial charge in [0.2, 0.25) is 0 Å². The van der Waals surface area contributed by atoms with Gasteiger partial charge >= 0.3 is 0 Å². The average Bonchev–Trinajstić information content (AvgIpc) is 2.88. The van der Waals surface area contributed by atoms with Crippen molar-refractivity contribution in [3.05, 3.63) is 23.7 Å². The predicted molar refractivity (Wildman–Crippen MR) is 48.8 cm³/mol. The monoisotopic (exact) mass is 215 g/mol. The summed E-state index contributed by atoms with van der Waals surface area (Å²) >= 11 is 0. The quantitative estimate of drug-likeness (QED) is 0.759. The first-order chi connectivity index (χ1) is 7.20. The second kappa shape index (κ2) is 4.00. The molecule has 1 amide bonds. The Morgan fingerprint density at radius 2 is 2.07 bits per heavy atom. The SMILES string of the molecule is O=C(c1ccoc1C(F)F)N1CCCC1. The number of amides is 1. The first-order valence-electron chi connectivity index (χ1n) is 4.85.